The van der Waals surface area contributed by atoms with Crippen molar-refractivity contribution in [1.82, 2.24) is 0 Å². The summed E-state index contributed by atoms with van der Waals surface area (Å²) in [4.78, 5) is 33.1. The summed E-state index contributed by atoms with van der Waals surface area (Å²) in [5.41, 5.74) is 1.27. The van der Waals surface area contributed by atoms with E-state index in [1.165, 1.54) is 32.1 Å². The molecule has 0 radical (unpaired) electrons. The SMILES string of the molecule is O=C(ON=C(CCC1CCCCC1)C(=O)c1ccc(Sc2ccccc2)cc1)c1ccccc1. The smallest absolute Gasteiger partial charge is 0.312 e. The molecular weight excluding hydrogens is 442 g/mol. The van der Waals surface area contributed by atoms with E-state index >= 15 is 0 Å². The summed E-state index contributed by atoms with van der Waals surface area (Å²) in [6, 6.07) is 26.4. The van der Waals surface area contributed by atoms with Crippen molar-refractivity contribution < 1.29 is 14.4 Å². The van der Waals surface area contributed by atoms with Gasteiger partial charge in [0.25, 0.3) is 0 Å². The van der Waals surface area contributed by atoms with Gasteiger partial charge in [-0.05, 0) is 67.3 Å². The predicted molar refractivity (Wildman–Crippen MR) is 136 cm³/mol. The van der Waals surface area contributed by atoms with Gasteiger partial charge < -0.3 is 4.84 Å². The molecule has 0 atom stereocenters. The Morgan fingerprint density at radius 3 is 2.06 bits per heavy atom. The van der Waals surface area contributed by atoms with Crippen LogP contribution in [-0.2, 0) is 4.84 Å². The first-order chi connectivity index (χ1) is 16.7. The van der Waals surface area contributed by atoms with Gasteiger partial charge in [0.2, 0.25) is 5.78 Å². The molecule has 1 fully saturated rings. The van der Waals surface area contributed by atoms with Gasteiger partial charge in [-0.2, -0.15) is 0 Å². The fraction of sp³-hybridized carbons (Fsp3) is 0.276. The normalized spacial score (nSPS) is 14.5. The highest BCUT2D eigenvalue weighted by molar-refractivity contribution is 7.99. The molecule has 4 rings (SSSR count). The summed E-state index contributed by atoms with van der Waals surface area (Å²) >= 11 is 1.65. The van der Waals surface area contributed by atoms with Crippen LogP contribution in [0.1, 0.15) is 65.7 Å². The summed E-state index contributed by atoms with van der Waals surface area (Å²) in [5.74, 6) is -0.146. The van der Waals surface area contributed by atoms with Gasteiger partial charge in [-0.1, -0.05) is 85.4 Å². The molecule has 1 saturated carbocycles. The first-order valence-electron chi connectivity index (χ1n) is 11.9. The summed E-state index contributed by atoms with van der Waals surface area (Å²) in [5, 5.41) is 4.06. The van der Waals surface area contributed by atoms with Gasteiger partial charge in [0, 0.05) is 15.4 Å². The number of hydrogen-bond acceptors (Lipinski definition) is 5. The number of benzene rings is 3. The van der Waals surface area contributed by atoms with Crippen molar-refractivity contribution in [2.24, 2.45) is 11.1 Å². The van der Waals surface area contributed by atoms with E-state index in [0.29, 0.717) is 29.2 Å². The quantitative estimate of drug-likeness (QED) is 0.140. The Morgan fingerprint density at radius 2 is 1.38 bits per heavy atom. The molecule has 3 aromatic carbocycles. The highest BCUT2D eigenvalue weighted by atomic mass is 32.2. The van der Waals surface area contributed by atoms with E-state index in [4.69, 9.17) is 4.84 Å². The molecule has 0 N–H and O–H groups in total. The molecule has 5 heteroatoms. The van der Waals surface area contributed by atoms with Crippen molar-refractivity contribution in [1.29, 1.82) is 0 Å². The van der Waals surface area contributed by atoms with Crippen LogP contribution in [0.25, 0.3) is 0 Å². The molecule has 1 aliphatic carbocycles. The lowest BCUT2D eigenvalue weighted by Gasteiger charge is -2.21. The molecule has 0 unspecified atom stereocenters. The molecule has 3 aromatic rings. The van der Waals surface area contributed by atoms with Gasteiger partial charge in [0.1, 0.15) is 5.71 Å². The van der Waals surface area contributed by atoms with E-state index in [2.05, 4.69) is 17.3 Å². The second-order valence-electron chi connectivity index (χ2n) is 8.59. The topological polar surface area (TPSA) is 55.7 Å². The Kier molecular flexibility index (Phi) is 8.69. The Labute approximate surface area is 205 Å². The number of nitrogens with zero attached hydrogens (tertiary/aromatic N) is 1. The van der Waals surface area contributed by atoms with E-state index in [0.717, 1.165) is 16.2 Å². The minimum Gasteiger partial charge on any atom is -0.312 e. The minimum absolute atomic E-state index is 0.187. The average Bonchev–Trinajstić information content (AvgIpc) is 2.90. The Morgan fingerprint density at radius 1 is 0.765 bits per heavy atom. The predicted octanol–water partition coefficient (Wildman–Crippen LogP) is 7.59. The number of carbonyl (C=O) groups excluding carboxylic acids is 2. The molecule has 1 aliphatic rings. The van der Waals surface area contributed by atoms with Crippen molar-refractivity contribution in [3.05, 3.63) is 96.1 Å². The first kappa shape index (κ1) is 24.0. The van der Waals surface area contributed by atoms with Crippen molar-refractivity contribution in [3.63, 3.8) is 0 Å². The Balaban J connectivity index is 1.47. The molecule has 0 spiro atoms. The van der Waals surface area contributed by atoms with E-state index in [1.807, 2.05) is 48.5 Å². The first-order valence-corrected chi connectivity index (χ1v) is 12.7. The lowest BCUT2D eigenvalue weighted by atomic mass is 9.85. The standard InChI is InChI=1S/C29H29NO3S/c31-28(23-17-19-26(20-18-23)34-25-14-8-3-9-15-25)27(21-16-22-10-4-1-5-11-22)30-33-29(32)24-12-6-2-7-13-24/h2-3,6-9,12-15,17-20,22H,1,4-5,10-11,16,21H2. The van der Waals surface area contributed by atoms with Crippen LogP contribution in [-0.4, -0.2) is 17.5 Å². The van der Waals surface area contributed by atoms with Gasteiger partial charge in [0.05, 0.1) is 5.56 Å². The second-order valence-corrected chi connectivity index (χ2v) is 9.74. The van der Waals surface area contributed by atoms with Gasteiger partial charge in [-0.15, -0.1) is 0 Å². The summed E-state index contributed by atoms with van der Waals surface area (Å²) < 4.78 is 0. The van der Waals surface area contributed by atoms with E-state index in [9.17, 15) is 9.59 Å². The number of carbonyl (C=O) groups is 2. The van der Waals surface area contributed by atoms with Crippen molar-refractivity contribution in [2.45, 2.75) is 54.7 Å². The van der Waals surface area contributed by atoms with Crippen LogP contribution in [0.3, 0.4) is 0 Å². The van der Waals surface area contributed by atoms with E-state index < -0.39 is 5.97 Å². The van der Waals surface area contributed by atoms with Crippen LogP contribution in [0.5, 0.6) is 0 Å². The zero-order chi connectivity index (χ0) is 23.6. The van der Waals surface area contributed by atoms with Gasteiger partial charge >= 0.3 is 5.97 Å². The molecule has 0 aromatic heterocycles. The molecule has 4 nitrogen and oxygen atoms in total. The molecule has 0 saturated heterocycles. The van der Waals surface area contributed by atoms with Crippen LogP contribution in [0.15, 0.2) is 99.9 Å². The highest BCUT2D eigenvalue weighted by Gasteiger charge is 2.20. The fourth-order valence-electron chi connectivity index (χ4n) is 4.21. The average molecular weight is 472 g/mol. The summed E-state index contributed by atoms with van der Waals surface area (Å²) in [6.07, 6.45) is 7.55. The Hall–Kier alpha value is -3.18. The lowest BCUT2D eigenvalue weighted by molar-refractivity contribution is 0.0514. The third-order valence-corrected chi connectivity index (χ3v) is 7.14. The van der Waals surface area contributed by atoms with Crippen LogP contribution in [0.4, 0.5) is 0 Å². The number of hydrogen-bond donors (Lipinski definition) is 0. The maximum atomic E-state index is 13.3. The zero-order valence-corrected chi connectivity index (χ0v) is 20.0. The lowest BCUT2D eigenvalue weighted by Crippen LogP contribution is -2.18. The van der Waals surface area contributed by atoms with Crippen LogP contribution >= 0.6 is 11.8 Å². The number of ketones is 1. The monoisotopic (exact) mass is 471 g/mol. The molecule has 34 heavy (non-hydrogen) atoms. The number of oxime groups is 1. The summed E-state index contributed by atoms with van der Waals surface area (Å²) in [7, 11) is 0. The Bertz CT molecular complexity index is 1110. The van der Waals surface area contributed by atoms with Crippen LogP contribution < -0.4 is 0 Å². The fourth-order valence-corrected chi connectivity index (χ4v) is 5.04. The van der Waals surface area contributed by atoms with Gasteiger partial charge in [-0.25, -0.2) is 4.79 Å². The molecule has 0 aliphatic heterocycles. The van der Waals surface area contributed by atoms with Crippen LogP contribution in [0, 0.1) is 5.92 Å². The number of Topliss-reactive ketones (excluding diaryl/α,β-unsaturated/α-hetero) is 1. The molecule has 0 heterocycles. The van der Waals surface area contributed by atoms with Gasteiger partial charge in [-0.3, -0.25) is 4.79 Å². The highest BCUT2D eigenvalue weighted by Crippen LogP contribution is 2.29. The van der Waals surface area contributed by atoms with Crippen molar-refractivity contribution in [3.8, 4) is 0 Å². The molecule has 174 valence electrons. The van der Waals surface area contributed by atoms with Gasteiger partial charge in [0.15, 0.2) is 0 Å². The van der Waals surface area contributed by atoms with Crippen LogP contribution in [0.2, 0.25) is 0 Å². The second kappa shape index (κ2) is 12.3. The maximum absolute atomic E-state index is 13.3. The van der Waals surface area contributed by atoms with E-state index in [-0.39, 0.29) is 5.78 Å². The molecular formula is C29H29NO3S. The maximum Gasteiger partial charge on any atom is 0.365 e. The van der Waals surface area contributed by atoms with Crippen molar-refractivity contribution in [2.75, 3.05) is 0 Å². The third-order valence-electron chi connectivity index (χ3n) is 6.12. The zero-order valence-electron chi connectivity index (χ0n) is 19.2. The largest absolute Gasteiger partial charge is 0.365 e. The summed E-state index contributed by atoms with van der Waals surface area (Å²) in [6.45, 7) is 0. The number of rotatable bonds is 9. The molecule has 0 amide bonds. The van der Waals surface area contributed by atoms with E-state index in [1.54, 1.807) is 36.0 Å². The van der Waals surface area contributed by atoms with Crippen molar-refractivity contribution >= 4 is 29.2 Å². The molecule has 0 bridgehead atoms. The third kappa shape index (κ3) is 6.91. The minimum atomic E-state index is -0.557.